The van der Waals surface area contributed by atoms with Crippen molar-refractivity contribution in [3.05, 3.63) is 0 Å². The minimum absolute atomic E-state index is 0. The molecule has 4 N–H and O–H groups in total. The summed E-state index contributed by atoms with van der Waals surface area (Å²) in [7, 11) is -4.61. The van der Waals surface area contributed by atoms with Gasteiger partial charge in [-0.15, -0.1) is 0 Å². The zero-order valence-electron chi connectivity index (χ0n) is 3.00. The Morgan fingerprint density at radius 2 is 0.857 bits per heavy atom. The van der Waals surface area contributed by atoms with Crippen LogP contribution < -0.4 is 0 Å². The van der Waals surface area contributed by atoms with E-state index in [2.05, 4.69) is 0 Å². The van der Waals surface area contributed by atoms with Gasteiger partial charge in [0.1, 0.15) is 0 Å². The van der Waals surface area contributed by atoms with Gasteiger partial charge in [-0.05, 0) is 0 Å². The zero-order chi connectivity index (χ0) is 4.50. The Morgan fingerprint density at radius 1 is 0.857 bits per heavy atom. The molecule has 1 atom stereocenters. The maximum absolute atomic E-state index is 7.33. The Hall–Kier alpha value is 1.97. The topological polar surface area (TPSA) is 80.9 Å². The predicted octanol–water partition coefficient (Wildman–Crippen LogP) is -3.47. The van der Waals surface area contributed by atoms with Crippen molar-refractivity contribution in [2.75, 3.05) is 0 Å². The third kappa shape index (κ3) is 73.3. The van der Waals surface area contributed by atoms with Gasteiger partial charge in [-0.1, -0.05) is 0 Å². The fourth-order valence-corrected chi connectivity index (χ4v) is 0. The van der Waals surface area contributed by atoms with Crippen LogP contribution in [-0.4, -0.2) is 73.7 Å². The first-order chi connectivity index (χ1) is 2.00. The molecule has 7 heteroatoms. The van der Waals surface area contributed by atoms with Crippen LogP contribution in [0.4, 0.5) is 0 Å². The van der Waals surface area contributed by atoms with Crippen LogP contribution >= 0.6 is 9.90 Å². The molecule has 0 spiro atoms. The van der Waals surface area contributed by atoms with E-state index in [1.54, 1.807) is 0 Å². The van der Waals surface area contributed by atoms with Crippen LogP contribution in [0, 0.1) is 0 Å². The first kappa shape index (κ1) is 16.0. The third-order valence-corrected chi connectivity index (χ3v) is 0. The van der Waals surface area contributed by atoms with Crippen LogP contribution in [0.25, 0.3) is 0 Å². The molecular formula is H9O4PSiSr. The Labute approximate surface area is 82.6 Å². The Balaban J connectivity index is -0.0000000800. The van der Waals surface area contributed by atoms with Gasteiger partial charge in [0.05, 0.1) is 0 Å². The number of hydrogen-bond acceptors (Lipinski definition) is 4. The first-order valence-corrected chi connectivity index (χ1v) is 2.68. The summed E-state index contributed by atoms with van der Waals surface area (Å²) < 4.78 is 0. The molecule has 0 saturated carbocycles. The summed E-state index contributed by atoms with van der Waals surface area (Å²) in [4.78, 5) is 29.3. The van der Waals surface area contributed by atoms with Crippen molar-refractivity contribution < 1.29 is 19.2 Å². The second-order valence-electron chi connectivity index (χ2n) is 0.600. The zero-order valence-corrected chi connectivity index (χ0v) is 5.41. The van der Waals surface area contributed by atoms with Crippen molar-refractivity contribution in [1.82, 2.24) is 0 Å². The summed E-state index contributed by atoms with van der Waals surface area (Å²) in [6.45, 7) is 0. The van der Waals surface area contributed by atoms with E-state index in [1.165, 1.54) is 0 Å². The molecule has 0 amide bonds. The van der Waals surface area contributed by atoms with Crippen LogP contribution in [0.5, 0.6) is 0 Å². The fourth-order valence-electron chi connectivity index (χ4n) is 0. The molecular weight excluding hydrogens is 211 g/mol. The van der Waals surface area contributed by atoms with Crippen molar-refractivity contribution in [2.24, 2.45) is 0 Å². The minimum atomic E-state index is -4.61. The predicted molar refractivity (Wildman–Crippen MR) is 34.3 cm³/mol. The summed E-state index contributed by atoms with van der Waals surface area (Å²) in [5.74, 6) is 0. The molecule has 0 aliphatic carbocycles. The molecule has 0 aliphatic heterocycles. The molecule has 0 bridgehead atoms. The van der Waals surface area contributed by atoms with E-state index >= 15 is 0 Å². The van der Waals surface area contributed by atoms with Gasteiger partial charge in [0, 0.05) is 0 Å². The molecule has 0 aliphatic rings. The molecule has 0 rings (SSSR count). The first-order valence-electron chi connectivity index (χ1n) is 0.894. The average Bonchev–Trinajstić information content (AvgIpc) is 0.722. The van der Waals surface area contributed by atoms with E-state index in [4.69, 9.17) is 19.2 Å². The van der Waals surface area contributed by atoms with Gasteiger partial charge in [0.15, 0.2) is 0 Å². The van der Waals surface area contributed by atoms with Gasteiger partial charge >= 0.3 is 54.5 Å². The molecule has 0 fully saturated rings. The Morgan fingerprint density at radius 3 is 0.857 bits per heavy atom. The van der Waals surface area contributed by atoms with E-state index in [0.717, 1.165) is 0 Å². The monoisotopic (exact) mass is 220 g/mol. The van der Waals surface area contributed by atoms with Crippen molar-refractivity contribution in [1.29, 1.82) is 0 Å². The molecule has 0 aromatic rings. The summed E-state index contributed by atoms with van der Waals surface area (Å²) in [6, 6.07) is 0. The molecule has 0 heterocycles. The Kier molecular flexibility index (Phi) is 13.9. The van der Waals surface area contributed by atoms with Gasteiger partial charge in [-0.2, -0.15) is 9.90 Å². The van der Waals surface area contributed by atoms with Gasteiger partial charge in [-0.25, -0.2) is 0 Å². The van der Waals surface area contributed by atoms with E-state index in [1.807, 2.05) is 0 Å². The second kappa shape index (κ2) is 6.09. The van der Waals surface area contributed by atoms with Crippen LogP contribution in [0.15, 0.2) is 0 Å². The van der Waals surface area contributed by atoms with Crippen LogP contribution in [-0.2, 0) is 0 Å². The Bertz CT molecular complexity index is 27.2. The summed E-state index contributed by atoms with van der Waals surface area (Å²) >= 11 is 0. The average molecular weight is 220 g/mol. The molecule has 4 nitrogen and oxygen atoms in total. The van der Waals surface area contributed by atoms with Crippen molar-refractivity contribution in [3.8, 4) is 0 Å². The summed E-state index contributed by atoms with van der Waals surface area (Å²) in [5, 5.41) is 0. The number of hydrogen-bond donors (Lipinski definition) is 4. The van der Waals surface area contributed by atoms with Gasteiger partial charge in [-0.3, -0.25) is 0 Å². The van der Waals surface area contributed by atoms with Crippen LogP contribution in [0.2, 0.25) is 0 Å². The SMILES string of the molecule is O[Si](O)(O)O.P.[SrH2]. The van der Waals surface area contributed by atoms with Crippen LogP contribution in [0.3, 0.4) is 0 Å². The molecule has 1 unspecified atom stereocenters. The standard InChI is InChI=1S/H4O4Si.H3P.Sr.2H/c1-5(2,3)4;;;;/h1-4H;1H3;;;. The summed E-state index contributed by atoms with van der Waals surface area (Å²) in [5.41, 5.74) is 0. The third-order valence-electron chi connectivity index (χ3n) is 0. The van der Waals surface area contributed by atoms with Gasteiger partial charge < -0.3 is 19.2 Å². The van der Waals surface area contributed by atoms with E-state index in [9.17, 15) is 0 Å². The van der Waals surface area contributed by atoms with Gasteiger partial charge in [0.25, 0.3) is 0 Å². The second-order valence-corrected chi connectivity index (χ2v) is 1.80. The molecule has 0 aromatic heterocycles. The van der Waals surface area contributed by atoms with Crippen molar-refractivity contribution in [2.45, 2.75) is 0 Å². The maximum atomic E-state index is 7.33. The fraction of sp³-hybridized carbons (Fsp3) is 0. The van der Waals surface area contributed by atoms with Crippen molar-refractivity contribution in [3.63, 3.8) is 0 Å². The molecule has 0 aromatic carbocycles. The van der Waals surface area contributed by atoms with Crippen molar-refractivity contribution >= 4 is 64.4 Å². The molecule has 44 valence electrons. The number of rotatable bonds is 0. The van der Waals surface area contributed by atoms with E-state index < -0.39 is 9.05 Å². The molecule has 7 heavy (non-hydrogen) atoms. The van der Waals surface area contributed by atoms with Gasteiger partial charge in [0.2, 0.25) is 0 Å². The van der Waals surface area contributed by atoms with E-state index in [-0.39, 0.29) is 55.4 Å². The van der Waals surface area contributed by atoms with Crippen LogP contribution in [0.1, 0.15) is 0 Å². The quantitative estimate of drug-likeness (QED) is 0.252. The normalized spacial score (nSPS) is 8.57. The molecule has 0 saturated heterocycles. The summed E-state index contributed by atoms with van der Waals surface area (Å²) in [6.07, 6.45) is 0. The van der Waals surface area contributed by atoms with E-state index in [0.29, 0.717) is 0 Å². The molecule has 0 radical (unpaired) electrons.